The SMILES string of the molecule is CNC(=O)c1ccc(NC(=O)c2ccoc2Br)c(C)c1. The molecule has 1 aromatic heterocycles. The van der Waals surface area contributed by atoms with Crippen LogP contribution in [0.25, 0.3) is 0 Å². The molecule has 6 heteroatoms. The summed E-state index contributed by atoms with van der Waals surface area (Å²) >= 11 is 3.16. The Morgan fingerprint density at radius 1 is 1.20 bits per heavy atom. The van der Waals surface area contributed by atoms with Gasteiger partial charge in [0.15, 0.2) is 4.67 Å². The lowest BCUT2D eigenvalue weighted by atomic mass is 10.1. The Morgan fingerprint density at radius 2 is 1.95 bits per heavy atom. The van der Waals surface area contributed by atoms with Gasteiger partial charge in [-0.3, -0.25) is 9.59 Å². The number of anilines is 1. The number of halogens is 1. The fourth-order valence-electron chi connectivity index (χ4n) is 1.73. The van der Waals surface area contributed by atoms with E-state index in [-0.39, 0.29) is 11.8 Å². The van der Waals surface area contributed by atoms with Gasteiger partial charge in [-0.15, -0.1) is 0 Å². The summed E-state index contributed by atoms with van der Waals surface area (Å²) < 4.78 is 5.41. The molecule has 1 heterocycles. The summed E-state index contributed by atoms with van der Waals surface area (Å²) in [5.74, 6) is -0.440. The monoisotopic (exact) mass is 336 g/mol. The number of carbonyl (C=O) groups excluding carboxylic acids is 2. The van der Waals surface area contributed by atoms with Gasteiger partial charge in [0.05, 0.1) is 11.8 Å². The standard InChI is InChI=1S/C14H13BrN2O3/c1-8-7-9(13(18)16-2)3-4-11(8)17-14(19)10-5-6-20-12(10)15/h3-7H,1-2H3,(H,16,18)(H,17,19). The lowest BCUT2D eigenvalue weighted by Crippen LogP contribution is -2.18. The molecule has 2 N–H and O–H groups in total. The van der Waals surface area contributed by atoms with Crippen molar-refractivity contribution in [2.24, 2.45) is 0 Å². The van der Waals surface area contributed by atoms with Crippen molar-refractivity contribution < 1.29 is 14.0 Å². The van der Waals surface area contributed by atoms with Crippen LogP contribution in [0.3, 0.4) is 0 Å². The first-order chi connectivity index (χ1) is 9.52. The van der Waals surface area contributed by atoms with Crippen molar-refractivity contribution in [3.63, 3.8) is 0 Å². The number of furan rings is 1. The molecule has 1 aromatic carbocycles. The molecule has 0 saturated heterocycles. The number of rotatable bonds is 3. The number of benzene rings is 1. The first kappa shape index (κ1) is 14.3. The zero-order valence-corrected chi connectivity index (χ0v) is 12.6. The Morgan fingerprint density at radius 3 is 2.50 bits per heavy atom. The van der Waals surface area contributed by atoms with E-state index in [0.717, 1.165) is 5.56 Å². The van der Waals surface area contributed by atoms with Crippen LogP contribution in [0.2, 0.25) is 0 Å². The highest BCUT2D eigenvalue weighted by molar-refractivity contribution is 9.10. The molecule has 0 fully saturated rings. The molecule has 0 bridgehead atoms. The summed E-state index contributed by atoms with van der Waals surface area (Å²) in [4.78, 5) is 23.6. The summed E-state index contributed by atoms with van der Waals surface area (Å²) in [6.07, 6.45) is 1.43. The highest BCUT2D eigenvalue weighted by Gasteiger charge is 2.14. The van der Waals surface area contributed by atoms with Gasteiger partial charge in [-0.25, -0.2) is 0 Å². The maximum atomic E-state index is 12.0. The molecule has 0 aliphatic carbocycles. The number of carbonyl (C=O) groups is 2. The zero-order chi connectivity index (χ0) is 14.7. The van der Waals surface area contributed by atoms with Crippen LogP contribution < -0.4 is 10.6 Å². The number of amides is 2. The first-order valence-corrected chi connectivity index (χ1v) is 6.69. The number of aryl methyl sites for hydroxylation is 1. The van der Waals surface area contributed by atoms with Crippen LogP contribution in [0, 0.1) is 6.92 Å². The highest BCUT2D eigenvalue weighted by atomic mass is 79.9. The molecule has 20 heavy (non-hydrogen) atoms. The van der Waals surface area contributed by atoms with Crippen LogP contribution in [0.1, 0.15) is 26.3 Å². The van der Waals surface area contributed by atoms with E-state index in [2.05, 4.69) is 26.6 Å². The van der Waals surface area contributed by atoms with Crippen LogP contribution in [-0.4, -0.2) is 18.9 Å². The molecule has 0 atom stereocenters. The van der Waals surface area contributed by atoms with Gasteiger partial charge in [-0.1, -0.05) is 0 Å². The van der Waals surface area contributed by atoms with Gasteiger partial charge in [-0.05, 0) is 52.7 Å². The van der Waals surface area contributed by atoms with E-state index in [9.17, 15) is 9.59 Å². The summed E-state index contributed by atoms with van der Waals surface area (Å²) in [7, 11) is 1.57. The molecule has 2 rings (SSSR count). The molecular formula is C14H13BrN2O3. The van der Waals surface area contributed by atoms with Crippen LogP contribution in [0.4, 0.5) is 5.69 Å². The molecule has 0 spiro atoms. The minimum Gasteiger partial charge on any atom is -0.457 e. The van der Waals surface area contributed by atoms with E-state index in [1.165, 1.54) is 6.26 Å². The maximum Gasteiger partial charge on any atom is 0.260 e. The fourth-order valence-corrected chi connectivity index (χ4v) is 2.16. The molecule has 0 aliphatic rings. The topological polar surface area (TPSA) is 71.3 Å². The summed E-state index contributed by atoms with van der Waals surface area (Å²) in [6, 6.07) is 6.66. The normalized spacial score (nSPS) is 10.2. The minimum absolute atomic E-state index is 0.163. The van der Waals surface area contributed by atoms with E-state index in [1.807, 2.05) is 6.92 Å². The van der Waals surface area contributed by atoms with Crippen molar-refractivity contribution in [1.82, 2.24) is 5.32 Å². The molecule has 2 aromatic rings. The minimum atomic E-state index is -0.276. The first-order valence-electron chi connectivity index (χ1n) is 5.90. The van der Waals surface area contributed by atoms with E-state index >= 15 is 0 Å². The largest absolute Gasteiger partial charge is 0.457 e. The van der Waals surface area contributed by atoms with E-state index in [4.69, 9.17) is 4.42 Å². The predicted molar refractivity (Wildman–Crippen MR) is 78.9 cm³/mol. The van der Waals surface area contributed by atoms with Crippen molar-refractivity contribution in [2.45, 2.75) is 6.92 Å². The van der Waals surface area contributed by atoms with Gasteiger partial charge in [0, 0.05) is 18.3 Å². The second-order valence-corrected chi connectivity index (χ2v) is 4.89. The van der Waals surface area contributed by atoms with Gasteiger partial charge in [0.1, 0.15) is 0 Å². The van der Waals surface area contributed by atoms with Crippen molar-refractivity contribution in [1.29, 1.82) is 0 Å². The van der Waals surface area contributed by atoms with Crippen LogP contribution >= 0.6 is 15.9 Å². The van der Waals surface area contributed by atoms with Crippen LogP contribution in [0.5, 0.6) is 0 Å². The molecular weight excluding hydrogens is 324 g/mol. The average Bonchev–Trinajstić information content (AvgIpc) is 2.86. The fraction of sp³-hybridized carbons (Fsp3) is 0.143. The van der Waals surface area contributed by atoms with E-state index in [1.54, 1.807) is 31.3 Å². The Hall–Kier alpha value is -2.08. The summed E-state index contributed by atoms with van der Waals surface area (Å²) in [5.41, 5.74) is 2.42. The molecule has 0 saturated carbocycles. The second kappa shape index (κ2) is 5.92. The van der Waals surface area contributed by atoms with Gasteiger partial charge in [0.2, 0.25) is 0 Å². The van der Waals surface area contributed by atoms with Crippen LogP contribution in [0.15, 0.2) is 39.6 Å². The van der Waals surface area contributed by atoms with Gasteiger partial charge in [0.25, 0.3) is 11.8 Å². The Labute approximate surface area is 124 Å². The quantitative estimate of drug-likeness (QED) is 0.905. The van der Waals surface area contributed by atoms with Crippen molar-refractivity contribution in [3.05, 3.63) is 51.9 Å². The average molecular weight is 337 g/mol. The second-order valence-electron chi connectivity index (χ2n) is 4.17. The molecule has 0 unspecified atom stereocenters. The van der Waals surface area contributed by atoms with Crippen molar-refractivity contribution >= 4 is 33.4 Å². The van der Waals surface area contributed by atoms with Gasteiger partial charge >= 0.3 is 0 Å². The van der Waals surface area contributed by atoms with Crippen LogP contribution in [-0.2, 0) is 0 Å². The van der Waals surface area contributed by atoms with E-state index in [0.29, 0.717) is 21.5 Å². The Balaban J connectivity index is 2.20. The van der Waals surface area contributed by atoms with Gasteiger partial charge < -0.3 is 15.1 Å². The molecule has 0 radical (unpaired) electrons. The van der Waals surface area contributed by atoms with Crippen molar-refractivity contribution in [3.8, 4) is 0 Å². The Bertz CT molecular complexity index is 664. The number of hydrogen-bond donors (Lipinski definition) is 2. The predicted octanol–water partition coefficient (Wildman–Crippen LogP) is 2.96. The molecule has 2 amide bonds. The van der Waals surface area contributed by atoms with E-state index < -0.39 is 0 Å². The molecule has 0 aliphatic heterocycles. The maximum absolute atomic E-state index is 12.0. The Kier molecular flexibility index (Phi) is 4.24. The van der Waals surface area contributed by atoms with Gasteiger partial charge in [-0.2, -0.15) is 0 Å². The third-order valence-corrected chi connectivity index (χ3v) is 3.44. The third kappa shape index (κ3) is 2.91. The lowest BCUT2D eigenvalue weighted by Gasteiger charge is -2.09. The molecule has 5 nitrogen and oxygen atoms in total. The third-order valence-electron chi connectivity index (χ3n) is 2.83. The van der Waals surface area contributed by atoms with Crippen molar-refractivity contribution in [2.75, 3.05) is 12.4 Å². The summed E-state index contributed by atoms with van der Waals surface area (Å²) in [5, 5.41) is 5.33. The zero-order valence-electron chi connectivity index (χ0n) is 11.0. The lowest BCUT2D eigenvalue weighted by molar-refractivity contribution is 0.0962. The number of nitrogens with one attached hydrogen (secondary N) is 2. The highest BCUT2D eigenvalue weighted by Crippen LogP contribution is 2.21. The number of hydrogen-bond acceptors (Lipinski definition) is 3. The smallest absolute Gasteiger partial charge is 0.260 e. The molecule has 104 valence electrons. The summed E-state index contributed by atoms with van der Waals surface area (Å²) in [6.45, 7) is 1.83.